The maximum absolute atomic E-state index is 2.38. The summed E-state index contributed by atoms with van der Waals surface area (Å²) in [7, 11) is 1.94. The summed E-state index contributed by atoms with van der Waals surface area (Å²) in [5.74, 6) is 2.74. The molecule has 0 unspecified atom stereocenters. The number of halogens is 1. The van der Waals surface area contributed by atoms with Gasteiger partial charge in [0.15, 0.2) is 0 Å². The zero-order valence-corrected chi connectivity index (χ0v) is 8.91. The van der Waals surface area contributed by atoms with Crippen LogP contribution in [0.25, 0.3) is 0 Å². The van der Waals surface area contributed by atoms with Crippen molar-refractivity contribution in [3.05, 3.63) is 0 Å². The lowest BCUT2D eigenvalue weighted by molar-refractivity contribution is 1.12. The van der Waals surface area contributed by atoms with E-state index in [9.17, 15) is 0 Å². The summed E-state index contributed by atoms with van der Waals surface area (Å²) in [5.41, 5.74) is 0. The van der Waals surface area contributed by atoms with Crippen molar-refractivity contribution in [1.29, 1.82) is 0 Å². The molecular weight excluding hydrogens is 271 g/mol. The van der Waals surface area contributed by atoms with Crippen LogP contribution >= 0.6 is 53.7 Å². The van der Waals surface area contributed by atoms with Gasteiger partial charge in [0.05, 0.1) is 0 Å². The second kappa shape index (κ2) is 4.57. The van der Waals surface area contributed by atoms with E-state index >= 15 is 0 Å². The average molecular weight is 278 g/mol. The summed E-state index contributed by atoms with van der Waals surface area (Å²) in [5, 5.41) is 0. The lowest BCUT2D eigenvalue weighted by Crippen LogP contribution is -1.99. The van der Waals surface area contributed by atoms with Gasteiger partial charge in [-0.1, -0.05) is 8.93 Å². The molecule has 0 saturated carbocycles. The first kappa shape index (κ1) is 7.88. The van der Waals surface area contributed by atoms with E-state index in [1.54, 1.807) is 0 Å². The molecule has 1 heterocycles. The molecule has 4 heteroatoms. The quantitative estimate of drug-likeness (QED) is 0.676. The van der Waals surface area contributed by atoms with Crippen molar-refractivity contribution in [1.82, 2.24) is 0 Å². The van der Waals surface area contributed by atoms with Crippen LogP contribution in [0.4, 0.5) is 0 Å². The minimum atomic E-state index is 0.823. The highest BCUT2D eigenvalue weighted by Gasteiger charge is 2.12. The Kier molecular flexibility index (Phi) is 4.51. The van der Waals surface area contributed by atoms with Crippen LogP contribution in [0, 0.1) is 0 Å². The molecule has 1 rings (SSSR count). The summed E-state index contributed by atoms with van der Waals surface area (Å²) < 4.78 is 0.823. The molecule has 8 heavy (non-hydrogen) atoms. The predicted molar refractivity (Wildman–Crippen MR) is 54.9 cm³/mol. The number of rotatable bonds is 1. The maximum Gasteiger partial charge on any atom is 0.105 e. The van der Waals surface area contributed by atoms with Gasteiger partial charge in [0.1, 0.15) is 3.91 Å². The van der Waals surface area contributed by atoms with Crippen LogP contribution < -0.4 is 0 Å². The lowest BCUT2D eigenvalue weighted by Gasteiger charge is -2.16. The van der Waals surface area contributed by atoms with Crippen molar-refractivity contribution in [2.45, 2.75) is 10.3 Å². The van der Waals surface area contributed by atoms with E-state index in [4.69, 9.17) is 0 Å². The first-order valence-electron chi connectivity index (χ1n) is 2.44. The normalized spacial score (nSPS) is 23.6. The fraction of sp³-hybridized carbons (Fsp3) is 1.00. The zero-order valence-electron chi connectivity index (χ0n) is 4.30. The third-order valence-corrected chi connectivity index (χ3v) is 8.41. The molecule has 48 valence electrons. The molecule has 0 atom stereocenters. The third-order valence-electron chi connectivity index (χ3n) is 0.869. The van der Waals surface area contributed by atoms with Crippen LogP contribution in [0.2, 0.25) is 0 Å². The largest absolute Gasteiger partial charge is 0.136 e. The summed E-state index contributed by atoms with van der Waals surface area (Å²) in [4.78, 5) is 0. The Morgan fingerprint density at radius 1 is 1.38 bits per heavy atom. The van der Waals surface area contributed by atoms with Crippen LogP contribution in [-0.2, 0) is 0 Å². The van der Waals surface area contributed by atoms with E-state index in [0.717, 1.165) is 3.91 Å². The molecule has 0 N–H and O–H groups in total. The Bertz CT molecular complexity index is 62.3. The topological polar surface area (TPSA) is 0 Å². The Morgan fingerprint density at radius 2 is 2.00 bits per heavy atom. The SMILES string of the molecule is ISC1SCCCS1. The standard InChI is InChI=1S/C4H7IS3/c5-8-4-6-2-1-3-7-4/h4H,1-3H2. The Balaban J connectivity index is 2.13. The zero-order chi connectivity index (χ0) is 5.82. The molecule has 0 nitrogen and oxygen atoms in total. The average Bonchev–Trinajstić information content (AvgIpc) is 1.90. The van der Waals surface area contributed by atoms with Crippen LogP contribution in [-0.4, -0.2) is 15.4 Å². The van der Waals surface area contributed by atoms with Crippen molar-refractivity contribution in [2.75, 3.05) is 11.5 Å². The van der Waals surface area contributed by atoms with Gasteiger partial charge in [-0.3, -0.25) is 0 Å². The highest BCUT2D eigenvalue weighted by Crippen LogP contribution is 2.41. The molecule has 1 fully saturated rings. The van der Waals surface area contributed by atoms with Gasteiger partial charge in [0.25, 0.3) is 0 Å². The molecule has 0 aromatic rings. The van der Waals surface area contributed by atoms with Crippen molar-refractivity contribution in [2.24, 2.45) is 0 Å². The van der Waals surface area contributed by atoms with Crippen LogP contribution in [0.15, 0.2) is 0 Å². The van der Waals surface area contributed by atoms with E-state index in [-0.39, 0.29) is 0 Å². The van der Waals surface area contributed by atoms with Gasteiger partial charge in [-0.25, -0.2) is 0 Å². The van der Waals surface area contributed by atoms with Crippen LogP contribution in [0.1, 0.15) is 6.42 Å². The smallest absolute Gasteiger partial charge is 0.105 e. The summed E-state index contributed by atoms with van der Waals surface area (Å²) in [6.07, 6.45) is 1.41. The van der Waals surface area contributed by atoms with Gasteiger partial charge in [-0.05, 0) is 39.1 Å². The van der Waals surface area contributed by atoms with E-state index in [0.29, 0.717) is 0 Å². The van der Waals surface area contributed by atoms with Gasteiger partial charge in [-0.15, -0.1) is 23.5 Å². The number of hydrogen-bond donors (Lipinski definition) is 0. The van der Waals surface area contributed by atoms with E-state index < -0.39 is 0 Å². The highest BCUT2D eigenvalue weighted by molar-refractivity contribution is 14.2. The molecule has 0 bridgehead atoms. The molecule has 0 spiro atoms. The summed E-state index contributed by atoms with van der Waals surface area (Å²) in [6, 6.07) is 0. The molecule has 1 aliphatic heterocycles. The molecule has 0 aromatic carbocycles. The Morgan fingerprint density at radius 3 is 2.38 bits per heavy atom. The fourth-order valence-electron chi connectivity index (χ4n) is 0.518. The monoisotopic (exact) mass is 278 g/mol. The van der Waals surface area contributed by atoms with Crippen LogP contribution in [0.3, 0.4) is 0 Å². The molecular formula is C4H7IS3. The predicted octanol–water partition coefficient (Wildman–Crippen LogP) is 3.22. The molecule has 0 radical (unpaired) electrons. The van der Waals surface area contributed by atoms with E-state index in [1.165, 1.54) is 17.9 Å². The van der Waals surface area contributed by atoms with Crippen molar-refractivity contribution >= 4 is 53.7 Å². The van der Waals surface area contributed by atoms with E-state index in [1.807, 2.05) is 8.93 Å². The van der Waals surface area contributed by atoms with Gasteiger partial charge in [-0.2, -0.15) is 0 Å². The van der Waals surface area contributed by atoms with Gasteiger partial charge >= 0.3 is 0 Å². The van der Waals surface area contributed by atoms with Crippen molar-refractivity contribution in [3.63, 3.8) is 0 Å². The molecule has 1 saturated heterocycles. The number of hydrogen-bond acceptors (Lipinski definition) is 3. The van der Waals surface area contributed by atoms with Gasteiger partial charge < -0.3 is 0 Å². The number of thioether (sulfide) groups is 2. The summed E-state index contributed by atoms with van der Waals surface area (Å²) in [6.45, 7) is 0. The molecule has 1 aliphatic rings. The molecule has 0 amide bonds. The highest BCUT2D eigenvalue weighted by atomic mass is 127. The van der Waals surface area contributed by atoms with Gasteiger partial charge in [0, 0.05) is 0 Å². The van der Waals surface area contributed by atoms with Crippen molar-refractivity contribution in [3.8, 4) is 0 Å². The second-order valence-corrected chi connectivity index (χ2v) is 6.97. The van der Waals surface area contributed by atoms with Gasteiger partial charge in [0.2, 0.25) is 0 Å². The third kappa shape index (κ3) is 2.58. The first-order valence-corrected chi connectivity index (χ1v) is 7.96. The molecule has 0 aromatic heterocycles. The molecule has 0 aliphatic carbocycles. The minimum Gasteiger partial charge on any atom is -0.136 e. The minimum absolute atomic E-state index is 0.823. The lowest BCUT2D eigenvalue weighted by atomic mass is 10.6. The van der Waals surface area contributed by atoms with Crippen LogP contribution in [0.5, 0.6) is 0 Å². The maximum atomic E-state index is 2.38. The fourth-order valence-corrected chi connectivity index (χ4v) is 6.30. The second-order valence-electron chi connectivity index (χ2n) is 1.47. The Labute approximate surface area is 74.9 Å². The first-order chi connectivity index (χ1) is 3.93. The van der Waals surface area contributed by atoms with E-state index in [2.05, 4.69) is 44.7 Å². The Hall–Kier alpha value is 1.78. The van der Waals surface area contributed by atoms with Crippen molar-refractivity contribution < 1.29 is 0 Å². The summed E-state index contributed by atoms with van der Waals surface area (Å²) >= 11 is 6.54.